The number of hydrogen-bond donors (Lipinski definition) is 2. The Morgan fingerprint density at radius 3 is 1.25 bits per heavy atom. The molecule has 0 aliphatic rings. The first-order valence-corrected chi connectivity index (χ1v) is 21.0. The lowest BCUT2D eigenvalue weighted by molar-refractivity contribution is -0.192. The van der Waals surface area contributed by atoms with Crippen LogP contribution in [0, 0.1) is 11.3 Å². The van der Waals surface area contributed by atoms with E-state index in [0.717, 1.165) is 36.0 Å². The Balaban J connectivity index is 1.32. The number of unbranched alkanes of at least 4 members (excludes halogenated alkanes) is 6. The molecule has 0 saturated heterocycles. The number of rotatable bonds is 31. The highest BCUT2D eigenvalue weighted by Gasteiger charge is 2.18. The summed E-state index contributed by atoms with van der Waals surface area (Å²) in [6.45, 7) is 4.24. The van der Waals surface area contributed by atoms with E-state index < -0.39 is 0 Å². The third kappa shape index (κ3) is 21.9. The first-order valence-electron chi connectivity index (χ1n) is 21.0. The number of amides is 5. The van der Waals surface area contributed by atoms with Gasteiger partial charge in [-0.3, -0.25) is 38.5 Å². The van der Waals surface area contributed by atoms with Crippen LogP contribution in [0.2, 0.25) is 0 Å². The first kappa shape index (κ1) is 48.7. The van der Waals surface area contributed by atoms with Gasteiger partial charge in [-0.1, -0.05) is 91.0 Å². The SMILES string of the molecule is CC(=O)N(CCCCCNC(=O)CCC(=O)N(CCCCCNC(=O)CCC(=O)N(CCCCC#N)OCc1ccccc1)OCc1ccccc1)OCc1ccccc1. The monoisotopic (exact) mass is 826 g/mol. The van der Waals surface area contributed by atoms with Crippen molar-refractivity contribution in [1.29, 1.82) is 5.26 Å². The topological polar surface area (TPSA) is 171 Å². The van der Waals surface area contributed by atoms with Gasteiger partial charge in [0.2, 0.25) is 29.5 Å². The number of carbonyl (C=O) groups excluding carboxylic acids is 5. The largest absolute Gasteiger partial charge is 0.356 e. The summed E-state index contributed by atoms with van der Waals surface area (Å²) in [6, 6.07) is 30.8. The zero-order chi connectivity index (χ0) is 43.0. The summed E-state index contributed by atoms with van der Waals surface area (Å²) < 4.78 is 0. The minimum absolute atomic E-state index is 0.000451. The highest BCUT2D eigenvalue weighted by molar-refractivity contribution is 5.84. The molecule has 0 fully saturated rings. The summed E-state index contributed by atoms with van der Waals surface area (Å²) in [7, 11) is 0. The van der Waals surface area contributed by atoms with Crippen LogP contribution in [0.4, 0.5) is 0 Å². The molecule has 60 heavy (non-hydrogen) atoms. The summed E-state index contributed by atoms with van der Waals surface area (Å²) in [6.07, 6.45) is 5.96. The molecule has 5 amide bonds. The van der Waals surface area contributed by atoms with Gasteiger partial charge in [-0.25, -0.2) is 15.2 Å². The summed E-state index contributed by atoms with van der Waals surface area (Å²) in [5.41, 5.74) is 2.81. The first-order chi connectivity index (χ1) is 29.2. The fraction of sp³-hybridized carbons (Fsp3) is 0.478. The summed E-state index contributed by atoms with van der Waals surface area (Å²) in [5, 5.41) is 18.6. The molecule has 0 aliphatic carbocycles. The molecule has 3 aromatic rings. The molecule has 0 bridgehead atoms. The fourth-order valence-electron chi connectivity index (χ4n) is 5.91. The van der Waals surface area contributed by atoms with Crippen molar-refractivity contribution < 1.29 is 38.5 Å². The molecule has 0 radical (unpaired) electrons. The molecule has 0 saturated carbocycles. The van der Waals surface area contributed by atoms with E-state index in [1.807, 2.05) is 91.0 Å². The molecule has 0 heterocycles. The third-order valence-electron chi connectivity index (χ3n) is 9.35. The lowest BCUT2D eigenvalue weighted by Gasteiger charge is -2.22. The Morgan fingerprint density at radius 1 is 0.500 bits per heavy atom. The van der Waals surface area contributed by atoms with E-state index in [1.54, 1.807) is 0 Å². The van der Waals surface area contributed by atoms with Gasteiger partial charge >= 0.3 is 0 Å². The van der Waals surface area contributed by atoms with E-state index in [0.29, 0.717) is 77.9 Å². The number of nitrogens with zero attached hydrogens (tertiary/aromatic N) is 4. The van der Waals surface area contributed by atoms with Crippen molar-refractivity contribution in [3.8, 4) is 6.07 Å². The molecular weight excluding hydrogens is 765 g/mol. The predicted octanol–water partition coefficient (Wildman–Crippen LogP) is 6.71. The standard InChI is InChI=1S/C46H62N6O8/c1-39(53)50(58-36-40-20-8-2-9-21-40)33-18-6-15-31-48-43(54)27-29-46(57)52(60-38-42-24-12-4-13-25-42)35-19-7-16-32-49-44(55)26-28-45(56)51(34-17-5-14-30-47)59-37-41-22-10-3-11-23-41/h2-4,8-13,20-25H,5-7,14-19,26-29,31-38H2,1H3,(H,48,54)(H,49,55). The number of nitriles is 1. The lowest BCUT2D eigenvalue weighted by atomic mass is 10.2. The molecule has 0 aromatic heterocycles. The minimum atomic E-state index is -0.286. The van der Waals surface area contributed by atoms with Crippen molar-refractivity contribution >= 4 is 29.5 Å². The Morgan fingerprint density at radius 2 is 0.867 bits per heavy atom. The van der Waals surface area contributed by atoms with E-state index >= 15 is 0 Å². The molecule has 0 unspecified atom stereocenters. The number of hydrogen-bond acceptors (Lipinski definition) is 9. The summed E-state index contributed by atoms with van der Waals surface area (Å²) in [4.78, 5) is 80.6. The van der Waals surface area contributed by atoms with Crippen LogP contribution in [0.3, 0.4) is 0 Å². The van der Waals surface area contributed by atoms with Gasteiger partial charge in [0.05, 0.1) is 6.07 Å². The number of nitrogens with one attached hydrogen (secondary N) is 2. The summed E-state index contributed by atoms with van der Waals surface area (Å²) in [5.74, 6) is -1.19. The molecule has 324 valence electrons. The molecule has 3 rings (SSSR count). The average molecular weight is 827 g/mol. The number of carbonyl (C=O) groups is 5. The smallest absolute Gasteiger partial charge is 0.246 e. The second kappa shape index (κ2) is 30.4. The Labute approximate surface area is 355 Å². The van der Waals surface area contributed by atoms with E-state index in [9.17, 15) is 24.0 Å². The van der Waals surface area contributed by atoms with Gasteiger partial charge in [-0.2, -0.15) is 5.26 Å². The predicted molar refractivity (Wildman–Crippen MR) is 226 cm³/mol. The van der Waals surface area contributed by atoms with Crippen LogP contribution in [0.25, 0.3) is 0 Å². The van der Waals surface area contributed by atoms with Crippen LogP contribution in [-0.4, -0.2) is 77.4 Å². The zero-order valence-electron chi connectivity index (χ0n) is 35.1. The van der Waals surface area contributed by atoms with Crippen LogP contribution < -0.4 is 10.6 Å². The quantitative estimate of drug-likeness (QED) is 0.0529. The summed E-state index contributed by atoms with van der Waals surface area (Å²) >= 11 is 0. The molecule has 14 nitrogen and oxygen atoms in total. The van der Waals surface area contributed by atoms with Gasteiger partial charge < -0.3 is 10.6 Å². The van der Waals surface area contributed by atoms with Gasteiger partial charge in [0.1, 0.15) is 19.8 Å². The molecular formula is C46H62N6O8. The normalized spacial score (nSPS) is 10.7. The maximum absolute atomic E-state index is 13.2. The van der Waals surface area contributed by atoms with Gasteiger partial charge in [0, 0.05) is 71.8 Å². The van der Waals surface area contributed by atoms with Crippen LogP contribution in [0.5, 0.6) is 0 Å². The van der Waals surface area contributed by atoms with Gasteiger partial charge in [0.15, 0.2) is 0 Å². The fourth-order valence-corrected chi connectivity index (χ4v) is 5.91. The Hall–Kier alpha value is -5.62. The molecule has 0 aliphatic heterocycles. The maximum Gasteiger partial charge on any atom is 0.246 e. The number of hydroxylamine groups is 6. The van der Waals surface area contributed by atoms with E-state index in [1.165, 1.54) is 22.1 Å². The number of benzene rings is 3. The van der Waals surface area contributed by atoms with E-state index in [4.69, 9.17) is 19.8 Å². The zero-order valence-corrected chi connectivity index (χ0v) is 35.1. The second-order valence-electron chi connectivity index (χ2n) is 14.3. The third-order valence-corrected chi connectivity index (χ3v) is 9.35. The van der Waals surface area contributed by atoms with Crippen LogP contribution in [0.1, 0.15) is 107 Å². The van der Waals surface area contributed by atoms with E-state index in [-0.39, 0.29) is 68.4 Å². The van der Waals surface area contributed by atoms with Crippen molar-refractivity contribution in [3.63, 3.8) is 0 Å². The highest BCUT2D eigenvalue weighted by atomic mass is 16.7. The minimum Gasteiger partial charge on any atom is -0.356 e. The van der Waals surface area contributed by atoms with Crippen molar-refractivity contribution in [2.45, 2.75) is 110 Å². The maximum atomic E-state index is 13.2. The van der Waals surface area contributed by atoms with E-state index in [2.05, 4.69) is 16.7 Å². The van der Waals surface area contributed by atoms with Crippen molar-refractivity contribution in [2.75, 3.05) is 32.7 Å². The highest BCUT2D eigenvalue weighted by Crippen LogP contribution is 2.11. The van der Waals surface area contributed by atoms with Gasteiger partial charge in [-0.15, -0.1) is 0 Å². The Bertz CT molecular complexity index is 1720. The lowest BCUT2D eigenvalue weighted by Crippen LogP contribution is -2.34. The van der Waals surface area contributed by atoms with Crippen LogP contribution in [0.15, 0.2) is 91.0 Å². The molecule has 3 aromatic carbocycles. The van der Waals surface area contributed by atoms with Gasteiger partial charge in [0.25, 0.3) is 0 Å². The molecule has 14 heteroatoms. The van der Waals surface area contributed by atoms with Crippen molar-refractivity contribution in [3.05, 3.63) is 108 Å². The molecule has 0 spiro atoms. The second-order valence-corrected chi connectivity index (χ2v) is 14.3. The molecule has 2 N–H and O–H groups in total. The Kier molecular flexibility index (Phi) is 24.7. The van der Waals surface area contributed by atoms with Crippen molar-refractivity contribution in [1.82, 2.24) is 25.8 Å². The van der Waals surface area contributed by atoms with Crippen LogP contribution in [-0.2, 0) is 58.3 Å². The van der Waals surface area contributed by atoms with Crippen molar-refractivity contribution in [2.24, 2.45) is 0 Å². The van der Waals surface area contributed by atoms with Crippen LogP contribution >= 0.6 is 0 Å². The average Bonchev–Trinajstić information content (AvgIpc) is 3.26. The molecule has 0 atom stereocenters. The van der Waals surface area contributed by atoms with Gasteiger partial charge in [-0.05, 0) is 68.1 Å².